The van der Waals surface area contributed by atoms with Gasteiger partial charge in [0.05, 0.1) is 21.4 Å². The number of nitro groups is 1. The van der Waals surface area contributed by atoms with Crippen LogP contribution in [0.25, 0.3) is 0 Å². The lowest BCUT2D eigenvalue weighted by Gasteiger charge is -2.06. The lowest BCUT2D eigenvalue weighted by Crippen LogP contribution is -2.27. The van der Waals surface area contributed by atoms with E-state index in [9.17, 15) is 14.9 Å². The fourth-order valence-corrected chi connectivity index (χ4v) is 3.28. The van der Waals surface area contributed by atoms with Crippen LogP contribution in [0.2, 0.25) is 10.0 Å². The molecule has 2 rings (SSSR count). The summed E-state index contributed by atoms with van der Waals surface area (Å²) in [5.41, 5.74) is 1.44. The lowest BCUT2D eigenvalue weighted by atomic mass is 10.1. The van der Waals surface area contributed by atoms with E-state index < -0.39 is 4.92 Å². The Balaban J connectivity index is 1.72. The van der Waals surface area contributed by atoms with Gasteiger partial charge >= 0.3 is 0 Å². The maximum absolute atomic E-state index is 11.9. The molecular weight excluding hydrogens is 383 g/mol. The van der Waals surface area contributed by atoms with Crippen LogP contribution in [0.15, 0.2) is 42.5 Å². The summed E-state index contributed by atoms with van der Waals surface area (Å²) in [7, 11) is 0. The molecule has 8 heteroatoms. The van der Waals surface area contributed by atoms with Crippen LogP contribution >= 0.6 is 35.0 Å². The second kappa shape index (κ2) is 9.65. The summed E-state index contributed by atoms with van der Waals surface area (Å²) < 4.78 is 0. The van der Waals surface area contributed by atoms with Gasteiger partial charge in [-0.05, 0) is 17.7 Å². The Kier molecular flexibility index (Phi) is 7.55. The van der Waals surface area contributed by atoms with Crippen molar-refractivity contribution in [3.8, 4) is 0 Å². The van der Waals surface area contributed by atoms with E-state index >= 15 is 0 Å². The number of rotatable bonds is 8. The SMILES string of the molecule is O=C(Cc1ccccc1[N+](=O)[O-])NCCSCc1ccc(Cl)c(Cl)c1. The predicted molar refractivity (Wildman–Crippen MR) is 102 cm³/mol. The van der Waals surface area contributed by atoms with Gasteiger partial charge in [-0.15, -0.1) is 0 Å². The van der Waals surface area contributed by atoms with Crippen molar-refractivity contribution in [1.29, 1.82) is 0 Å². The van der Waals surface area contributed by atoms with Crippen LogP contribution in [-0.4, -0.2) is 23.1 Å². The first-order chi connectivity index (χ1) is 12.0. The maximum atomic E-state index is 11.9. The van der Waals surface area contributed by atoms with Gasteiger partial charge in [0.15, 0.2) is 0 Å². The molecule has 132 valence electrons. The Bertz CT molecular complexity index is 771. The van der Waals surface area contributed by atoms with Crippen molar-refractivity contribution in [3.05, 3.63) is 73.8 Å². The summed E-state index contributed by atoms with van der Waals surface area (Å²) >= 11 is 13.5. The summed E-state index contributed by atoms with van der Waals surface area (Å²) in [6.45, 7) is 0.492. The molecule has 0 fully saturated rings. The Labute approximate surface area is 159 Å². The Hall–Kier alpha value is -1.76. The lowest BCUT2D eigenvalue weighted by molar-refractivity contribution is -0.385. The average Bonchev–Trinajstić information content (AvgIpc) is 2.58. The first kappa shape index (κ1) is 19.6. The third-order valence-electron chi connectivity index (χ3n) is 3.36. The van der Waals surface area contributed by atoms with Gasteiger partial charge in [0, 0.05) is 29.7 Å². The van der Waals surface area contributed by atoms with Crippen molar-refractivity contribution < 1.29 is 9.72 Å². The number of carbonyl (C=O) groups is 1. The normalized spacial score (nSPS) is 10.5. The van der Waals surface area contributed by atoms with E-state index in [1.165, 1.54) is 6.07 Å². The zero-order valence-corrected chi connectivity index (χ0v) is 15.5. The minimum absolute atomic E-state index is 0.00534. The minimum Gasteiger partial charge on any atom is -0.355 e. The molecule has 0 heterocycles. The maximum Gasteiger partial charge on any atom is 0.273 e. The van der Waals surface area contributed by atoms with E-state index in [1.807, 2.05) is 12.1 Å². The number of nitrogens with zero attached hydrogens (tertiary/aromatic N) is 1. The molecule has 0 spiro atoms. The molecule has 0 saturated heterocycles. The molecule has 0 bridgehead atoms. The van der Waals surface area contributed by atoms with Crippen molar-refractivity contribution >= 4 is 46.6 Å². The zero-order valence-electron chi connectivity index (χ0n) is 13.2. The third-order valence-corrected chi connectivity index (χ3v) is 5.13. The van der Waals surface area contributed by atoms with E-state index in [4.69, 9.17) is 23.2 Å². The third kappa shape index (κ3) is 6.23. The van der Waals surface area contributed by atoms with Gasteiger partial charge in [0.25, 0.3) is 5.69 Å². The number of para-hydroxylation sites is 1. The second-order valence-electron chi connectivity index (χ2n) is 5.21. The van der Waals surface area contributed by atoms with Gasteiger partial charge in [-0.3, -0.25) is 14.9 Å². The van der Waals surface area contributed by atoms with Gasteiger partial charge in [0.1, 0.15) is 0 Å². The van der Waals surface area contributed by atoms with E-state index in [-0.39, 0.29) is 18.0 Å². The molecule has 2 aromatic rings. The standard InChI is InChI=1S/C17H16Cl2N2O3S/c18-14-6-5-12(9-15(14)19)11-25-8-7-20-17(22)10-13-3-1-2-4-16(13)21(23)24/h1-6,9H,7-8,10-11H2,(H,20,22). The van der Waals surface area contributed by atoms with Crippen molar-refractivity contribution in [3.63, 3.8) is 0 Å². The molecule has 1 amide bonds. The number of benzene rings is 2. The van der Waals surface area contributed by atoms with Crippen molar-refractivity contribution in [2.24, 2.45) is 0 Å². The molecule has 0 radical (unpaired) electrons. The molecule has 1 N–H and O–H groups in total. The highest BCUT2D eigenvalue weighted by Gasteiger charge is 2.15. The largest absolute Gasteiger partial charge is 0.355 e. The quantitative estimate of drug-likeness (QED) is 0.403. The van der Waals surface area contributed by atoms with Gasteiger partial charge in [-0.25, -0.2) is 0 Å². The molecule has 0 aliphatic heterocycles. The molecule has 0 saturated carbocycles. The molecule has 0 atom stereocenters. The molecule has 0 aromatic heterocycles. The summed E-state index contributed by atoms with van der Waals surface area (Å²) in [4.78, 5) is 22.4. The highest BCUT2D eigenvalue weighted by molar-refractivity contribution is 7.98. The van der Waals surface area contributed by atoms with Crippen LogP contribution in [0.3, 0.4) is 0 Å². The Morgan fingerprint density at radius 2 is 1.92 bits per heavy atom. The van der Waals surface area contributed by atoms with E-state index in [1.54, 1.807) is 36.0 Å². The van der Waals surface area contributed by atoms with E-state index in [0.717, 1.165) is 17.1 Å². The van der Waals surface area contributed by atoms with Crippen molar-refractivity contribution in [2.75, 3.05) is 12.3 Å². The summed E-state index contributed by atoms with van der Waals surface area (Å²) in [5.74, 6) is 1.25. The van der Waals surface area contributed by atoms with Gasteiger partial charge in [-0.1, -0.05) is 47.5 Å². The van der Waals surface area contributed by atoms with Crippen LogP contribution in [0.1, 0.15) is 11.1 Å². The highest BCUT2D eigenvalue weighted by Crippen LogP contribution is 2.24. The molecule has 25 heavy (non-hydrogen) atoms. The highest BCUT2D eigenvalue weighted by atomic mass is 35.5. The summed E-state index contributed by atoms with van der Waals surface area (Å²) in [6, 6.07) is 11.8. The predicted octanol–water partition coefficient (Wildman–Crippen LogP) is 4.49. The van der Waals surface area contributed by atoms with Gasteiger partial charge < -0.3 is 5.32 Å². The van der Waals surface area contributed by atoms with E-state index in [2.05, 4.69) is 5.32 Å². The monoisotopic (exact) mass is 398 g/mol. The van der Waals surface area contributed by atoms with E-state index in [0.29, 0.717) is 22.2 Å². The van der Waals surface area contributed by atoms with Crippen molar-refractivity contribution in [1.82, 2.24) is 5.32 Å². The number of halogens is 2. The number of hydrogen-bond acceptors (Lipinski definition) is 4. The van der Waals surface area contributed by atoms with Crippen LogP contribution in [0.5, 0.6) is 0 Å². The Morgan fingerprint density at radius 3 is 2.64 bits per heavy atom. The smallest absolute Gasteiger partial charge is 0.273 e. The van der Waals surface area contributed by atoms with Crippen LogP contribution in [-0.2, 0) is 17.0 Å². The van der Waals surface area contributed by atoms with Gasteiger partial charge in [0.2, 0.25) is 5.91 Å². The van der Waals surface area contributed by atoms with Crippen LogP contribution < -0.4 is 5.32 Å². The Morgan fingerprint density at radius 1 is 1.16 bits per heavy atom. The van der Waals surface area contributed by atoms with Crippen LogP contribution in [0.4, 0.5) is 5.69 Å². The summed E-state index contributed by atoms with van der Waals surface area (Å²) in [5, 5.41) is 14.8. The average molecular weight is 399 g/mol. The molecule has 0 unspecified atom stereocenters. The molecule has 0 aliphatic rings. The molecular formula is C17H16Cl2N2O3S. The van der Waals surface area contributed by atoms with Crippen molar-refractivity contribution in [2.45, 2.75) is 12.2 Å². The number of nitro benzene ring substituents is 1. The topological polar surface area (TPSA) is 72.2 Å². The first-order valence-electron chi connectivity index (χ1n) is 7.48. The molecule has 2 aromatic carbocycles. The minimum atomic E-state index is -0.476. The zero-order chi connectivity index (χ0) is 18.2. The second-order valence-corrected chi connectivity index (χ2v) is 7.13. The first-order valence-corrected chi connectivity index (χ1v) is 9.39. The molecule has 5 nitrogen and oxygen atoms in total. The fraction of sp³-hybridized carbons (Fsp3) is 0.235. The molecule has 0 aliphatic carbocycles. The number of nitrogens with one attached hydrogen (secondary N) is 1. The number of amides is 1. The number of carbonyl (C=O) groups excluding carboxylic acids is 1. The summed E-state index contributed by atoms with van der Waals surface area (Å²) in [6.07, 6.45) is -0.00534. The van der Waals surface area contributed by atoms with Gasteiger partial charge in [-0.2, -0.15) is 11.8 Å². The van der Waals surface area contributed by atoms with Crippen LogP contribution in [0, 0.1) is 10.1 Å². The number of hydrogen-bond donors (Lipinski definition) is 1. The fourth-order valence-electron chi connectivity index (χ4n) is 2.16. The number of thioether (sulfide) groups is 1.